The molecule has 0 aromatic carbocycles. The van der Waals surface area contributed by atoms with Gasteiger partial charge in [0.15, 0.2) is 0 Å². The lowest BCUT2D eigenvalue weighted by molar-refractivity contribution is -0.121. The van der Waals surface area contributed by atoms with Crippen LogP contribution in [0.3, 0.4) is 0 Å². The minimum atomic E-state index is -0.779. The lowest BCUT2D eigenvalue weighted by atomic mass is 9.97. The Labute approximate surface area is 84.7 Å². The van der Waals surface area contributed by atoms with Gasteiger partial charge in [0.25, 0.3) is 0 Å². The molecule has 82 valence electrons. The molecule has 0 bridgehead atoms. The third kappa shape index (κ3) is 5.70. The Morgan fingerprint density at radius 3 is 2.43 bits per heavy atom. The van der Waals surface area contributed by atoms with Gasteiger partial charge in [-0.2, -0.15) is 0 Å². The highest BCUT2D eigenvalue weighted by atomic mass is 16.3. The number of aliphatic hydroxyl groups is 1. The van der Waals surface area contributed by atoms with Crippen LogP contribution in [0.25, 0.3) is 0 Å². The molecule has 0 fully saturated rings. The summed E-state index contributed by atoms with van der Waals surface area (Å²) in [7, 11) is 0. The molecule has 0 heterocycles. The molecule has 0 aliphatic rings. The molecule has 0 unspecified atom stereocenters. The molecular weight excluding hydrogens is 182 g/mol. The average molecular weight is 201 g/mol. The molecule has 2 atom stereocenters. The highest BCUT2D eigenvalue weighted by Gasteiger charge is 2.20. The maximum atomic E-state index is 10.8. The zero-order valence-electron chi connectivity index (χ0n) is 8.99. The first kappa shape index (κ1) is 13.1. The summed E-state index contributed by atoms with van der Waals surface area (Å²) in [5.41, 5.74) is 0. The molecule has 0 spiro atoms. The van der Waals surface area contributed by atoms with E-state index in [1.54, 1.807) is 0 Å². The van der Waals surface area contributed by atoms with Crippen molar-refractivity contribution in [3.63, 3.8) is 0 Å². The number of hydrogen-bond acceptors (Lipinski definition) is 3. The first-order chi connectivity index (χ1) is 6.47. The van der Waals surface area contributed by atoms with Crippen molar-refractivity contribution in [2.75, 3.05) is 0 Å². The van der Waals surface area contributed by atoms with Crippen molar-refractivity contribution < 1.29 is 14.7 Å². The van der Waals surface area contributed by atoms with E-state index in [9.17, 15) is 14.7 Å². The summed E-state index contributed by atoms with van der Waals surface area (Å²) in [5, 5.41) is 12.2. The monoisotopic (exact) mass is 201 g/mol. The smallest absolute Gasteiger partial charge is 0.217 e. The standard InChI is InChI=1S/C10H19NO3/c1-7(2)6-9(11-8(3)13)10(14)4-5-12/h5,7,9-10,14H,4,6H2,1-3H3,(H,11,13)/t9-,10-/m0/s1. The number of carbonyl (C=O) groups excluding carboxylic acids is 2. The van der Waals surface area contributed by atoms with Crippen molar-refractivity contribution in [3.05, 3.63) is 0 Å². The van der Waals surface area contributed by atoms with Crippen LogP contribution in [0.1, 0.15) is 33.6 Å². The lowest BCUT2D eigenvalue weighted by Crippen LogP contribution is -2.43. The summed E-state index contributed by atoms with van der Waals surface area (Å²) in [4.78, 5) is 21.1. The SMILES string of the molecule is CC(=O)N[C@@H](CC(C)C)[C@@H](O)CC=O. The average Bonchev–Trinajstić information content (AvgIpc) is 2.01. The fraction of sp³-hybridized carbons (Fsp3) is 0.800. The number of aldehydes is 1. The highest BCUT2D eigenvalue weighted by molar-refractivity contribution is 5.73. The number of hydrogen-bond donors (Lipinski definition) is 2. The lowest BCUT2D eigenvalue weighted by Gasteiger charge is -2.23. The molecule has 0 aromatic heterocycles. The van der Waals surface area contributed by atoms with Gasteiger partial charge in [-0.15, -0.1) is 0 Å². The number of carbonyl (C=O) groups is 2. The fourth-order valence-corrected chi connectivity index (χ4v) is 1.34. The Kier molecular flexibility index (Phi) is 6.12. The predicted molar refractivity (Wildman–Crippen MR) is 53.7 cm³/mol. The van der Waals surface area contributed by atoms with E-state index in [2.05, 4.69) is 5.32 Å². The summed E-state index contributed by atoms with van der Waals surface area (Å²) in [6.45, 7) is 5.41. The molecule has 0 saturated heterocycles. The first-order valence-electron chi connectivity index (χ1n) is 4.86. The minimum Gasteiger partial charge on any atom is -0.391 e. The van der Waals surface area contributed by atoms with Gasteiger partial charge in [0.1, 0.15) is 6.29 Å². The van der Waals surface area contributed by atoms with Crippen LogP contribution < -0.4 is 5.32 Å². The molecular formula is C10H19NO3. The zero-order valence-corrected chi connectivity index (χ0v) is 8.99. The van der Waals surface area contributed by atoms with Gasteiger partial charge in [-0.05, 0) is 12.3 Å². The van der Waals surface area contributed by atoms with Crippen molar-refractivity contribution in [1.82, 2.24) is 5.32 Å². The number of aliphatic hydroxyl groups excluding tert-OH is 1. The van der Waals surface area contributed by atoms with Crippen LogP contribution in [-0.2, 0) is 9.59 Å². The summed E-state index contributed by atoms with van der Waals surface area (Å²) in [6.07, 6.45) is 0.630. The van der Waals surface area contributed by atoms with Crippen molar-refractivity contribution in [1.29, 1.82) is 0 Å². The predicted octanol–water partition coefficient (Wildman–Crippen LogP) is 0.487. The Morgan fingerprint density at radius 1 is 1.50 bits per heavy atom. The van der Waals surface area contributed by atoms with Crippen LogP contribution in [0.15, 0.2) is 0 Å². The highest BCUT2D eigenvalue weighted by Crippen LogP contribution is 2.10. The van der Waals surface area contributed by atoms with Gasteiger partial charge in [-0.3, -0.25) is 4.79 Å². The van der Waals surface area contributed by atoms with Crippen LogP contribution in [-0.4, -0.2) is 29.4 Å². The zero-order chi connectivity index (χ0) is 11.1. The van der Waals surface area contributed by atoms with E-state index in [0.29, 0.717) is 18.6 Å². The van der Waals surface area contributed by atoms with E-state index in [4.69, 9.17) is 0 Å². The fourth-order valence-electron chi connectivity index (χ4n) is 1.34. The maximum Gasteiger partial charge on any atom is 0.217 e. The molecule has 0 saturated carbocycles. The summed E-state index contributed by atoms with van der Waals surface area (Å²) in [6, 6.07) is -0.322. The van der Waals surface area contributed by atoms with Crippen molar-refractivity contribution in [2.45, 2.75) is 45.8 Å². The Morgan fingerprint density at radius 2 is 2.07 bits per heavy atom. The van der Waals surface area contributed by atoms with Crippen LogP contribution in [0.5, 0.6) is 0 Å². The number of rotatable bonds is 6. The van der Waals surface area contributed by atoms with Gasteiger partial charge in [0.2, 0.25) is 5.91 Å². The van der Waals surface area contributed by atoms with Crippen molar-refractivity contribution >= 4 is 12.2 Å². The normalized spacial score (nSPS) is 14.9. The molecule has 0 rings (SSSR count). The molecule has 0 radical (unpaired) electrons. The Balaban J connectivity index is 4.21. The van der Waals surface area contributed by atoms with E-state index in [-0.39, 0.29) is 18.4 Å². The van der Waals surface area contributed by atoms with Crippen LogP contribution in [0.4, 0.5) is 0 Å². The van der Waals surface area contributed by atoms with Gasteiger partial charge in [0.05, 0.1) is 12.1 Å². The van der Waals surface area contributed by atoms with E-state index in [0.717, 1.165) is 0 Å². The van der Waals surface area contributed by atoms with Gasteiger partial charge < -0.3 is 15.2 Å². The Bertz CT molecular complexity index is 192. The second kappa shape index (κ2) is 6.54. The van der Waals surface area contributed by atoms with Gasteiger partial charge in [-0.25, -0.2) is 0 Å². The van der Waals surface area contributed by atoms with E-state index in [1.165, 1.54) is 6.92 Å². The van der Waals surface area contributed by atoms with Gasteiger partial charge in [-0.1, -0.05) is 13.8 Å². The maximum absolute atomic E-state index is 10.8. The van der Waals surface area contributed by atoms with E-state index >= 15 is 0 Å². The first-order valence-corrected chi connectivity index (χ1v) is 4.86. The largest absolute Gasteiger partial charge is 0.391 e. The second-order valence-electron chi connectivity index (χ2n) is 3.91. The summed E-state index contributed by atoms with van der Waals surface area (Å²) < 4.78 is 0. The second-order valence-corrected chi connectivity index (χ2v) is 3.91. The quantitative estimate of drug-likeness (QED) is 0.614. The van der Waals surface area contributed by atoms with Crippen molar-refractivity contribution in [3.8, 4) is 0 Å². The molecule has 1 amide bonds. The van der Waals surface area contributed by atoms with Crippen molar-refractivity contribution in [2.24, 2.45) is 5.92 Å². The third-order valence-corrected chi connectivity index (χ3v) is 1.92. The molecule has 4 heteroatoms. The third-order valence-electron chi connectivity index (χ3n) is 1.92. The van der Waals surface area contributed by atoms with Gasteiger partial charge >= 0.3 is 0 Å². The molecule has 14 heavy (non-hydrogen) atoms. The minimum absolute atomic E-state index is 0.0671. The Hall–Kier alpha value is -0.900. The molecule has 2 N–H and O–H groups in total. The molecule has 0 aromatic rings. The summed E-state index contributed by atoms with van der Waals surface area (Å²) in [5.74, 6) is 0.189. The molecule has 0 aliphatic heterocycles. The van der Waals surface area contributed by atoms with Gasteiger partial charge in [0, 0.05) is 13.3 Å². The van der Waals surface area contributed by atoms with E-state index in [1.807, 2.05) is 13.8 Å². The topological polar surface area (TPSA) is 66.4 Å². The van der Waals surface area contributed by atoms with E-state index < -0.39 is 6.10 Å². The van der Waals surface area contributed by atoms with Crippen LogP contribution in [0.2, 0.25) is 0 Å². The molecule has 4 nitrogen and oxygen atoms in total. The molecule has 0 aliphatic carbocycles. The number of amides is 1. The van der Waals surface area contributed by atoms with Crippen LogP contribution >= 0.6 is 0 Å². The van der Waals surface area contributed by atoms with Crippen LogP contribution in [0, 0.1) is 5.92 Å². The number of nitrogens with one attached hydrogen (secondary N) is 1. The summed E-state index contributed by atoms with van der Waals surface area (Å²) >= 11 is 0.